The molecule has 2 rings (SSSR count). The molecule has 114 valence electrons. The Morgan fingerprint density at radius 3 is 2.50 bits per heavy atom. The maximum Gasteiger partial charge on any atom is 0.125 e. The molecule has 0 spiro atoms. The zero-order valence-corrected chi connectivity index (χ0v) is 14.3. The number of ether oxygens (including phenoxy) is 1. The zero-order chi connectivity index (χ0) is 14.8. The highest BCUT2D eigenvalue weighted by atomic mass is 32.1. The quantitative estimate of drug-likeness (QED) is 0.861. The van der Waals surface area contributed by atoms with E-state index in [-0.39, 0.29) is 11.1 Å². The van der Waals surface area contributed by atoms with Gasteiger partial charge in [0.05, 0.1) is 5.69 Å². The summed E-state index contributed by atoms with van der Waals surface area (Å²) in [6, 6.07) is 0. The van der Waals surface area contributed by atoms with Gasteiger partial charge in [-0.05, 0) is 46.5 Å². The first kappa shape index (κ1) is 15.9. The summed E-state index contributed by atoms with van der Waals surface area (Å²) in [6.45, 7) is 9.75. The Morgan fingerprint density at radius 1 is 1.35 bits per heavy atom. The van der Waals surface area contributed by atoms with E-state index in [1.54, 1.807) is 0 Å². The monoisotopic (exact) mass is 296 g/mol. The summed E-state index contributed by atoms with van der Waals surface area (Å²) in [6.07, 6.45) is 5.71. The lowest BCUT2D eigenvalue weighted by Gasteiger charge is -2.38. The molecule has 1 N–H and O–H groups in total. The van der Waals surface area contributed by atoms with Crippen molar-refractivity contribution in [1.82, 2.24) is 10.3 Å². The Morgan fingerprint density at radius 2 is 2.05 bits per heavy atom. The second-order valence-corrected chi connectivity index (χ2v) is 7.88. The van der Waals surface area contributed by atoms with Crippen LogP contribution in [-0.4, -0.2) is 17.6 Å². The lowest BCUT2D eigenvalue weighted by Crippen LogP contribution is -2.36. The molecule has 0 aliphatic heterocycles. The Bertz CT molecular complexity index is 438. The third kappa shape index (κ3) is 3.41. The minimum Gasteiger partial charge on any atom is -0.371 e. The molecule has 1 fully saturated rings. The van der Waals surface area contributed by atoms with Crippen molar-refractivity contribution in [3.63, 3.8) is 0 Å². The molecular weight excluding hydrogens is 268 g/mol. The van der Waals surface area contributed by atoms with Crippen LogP contribution in [0.5, 0.6) is 0 Å². The molecule has 3 nitrogen and oxygen atoms in total. The van der Waals surface area contributed by atoms with Crippen LogP contribution >= 0.6 is 11.3 Å². The van der Waals surface area contributed by atoms with Gasteiger partial charge in [-0.3, -0.25) is 0 Å². The van der Waals surface area contributed by atoms with Crippen molar-refractivity contribution in [3.8, 4) is 0 Å². The SMILES string of the molecule is CCCc1nc(C2(OC)CCC2)sc1CNC(C)(C)C. The van der Waals surface area contributed by atoms with E-state index in [0.717, 1.165) is 32.2 Å². The standard InChI is InChI=1S/C16H28N2OS/c1-6-8-12-13(11-17-15(2,3)4)20-14(18-12)16(19-5)9-7-10-16/h17H,6-11H2,1-5H3. The number of aromatic nitrogens is 1. The first-order valence-corrected chi connectivity index (χ1v) is 8.51. The summed E-state index contributed by atoms with van der Waals surface area (Å²) in [4.78, 5) is 6.31. The van der Waals surface area contributed by atoms with E-state index in [4.69, 9.17) is 9.72 Å². The first-order valence-electron chi connectivity index (χ1n) is 7.69. The highest BCUT2D eigenvalue weighted by Gasteiger charge is 2.42. The van der Waals surface area contributed by atoms with Crippen LogP contribution in [0.1, 0.15) is 69.0 Å². The second kappa shape index (κ2) is 6.12. The Balaban J connectivity index is 2.19. The van der Waals surface area contributed by atoms with Gasteiger partial charge < -0.3 is 10.1 Å². The van der Waals surface area contributed by atoms with E-state index in [0.29, 0.717) is 0 Å². The van der Waals surface area contributed by atoms with E-state index < -0.39 is 0 Å². The van der Waals surface area contributed by atoms with E-state index in [9.17, 15) is 0 Å². The van der Waals surface area contributed by atoms with Crippen LogP contribution in [0.15, 0.2) is 0 Å². The van der Waals surface area contributed by atoms with Crippen molar-refractivity contribution in [3.05, 3.63) is 15.6 Å². The summed E-state index contributed by atoms with van der Waals surface area (Å²) in [5.41, 5.74) is 1.34. The Hall–Kier alpha value is -0.450. The summed E-state index contributed by atoms with van der Waals surface area (Å²) in [5.74, 6) is 0. The smallest absolute Gasteiger partial charge is 0.125 e. The summed E-state index contributed by atoms with van der Waals surface area (Å²) >= 11 is 1.85. The molecule has 20 heavy (non-hydrogen) atoms. The molecule has 1 aliphatic carbocycles. The van der Waals surface area contributed by atoms with Gasteiger partial charge in [-0.15, -0.1) is 11.3 Å². The Kier molecular flexibility index (Phi) is 4.88. The van der Waals surface area contributed by atoms with Gasteiger partial charge in [0.15, 0.2) is 0 Å². The molecule has 0 aromatic carbocycles. The molecule has 1 saturated carbocycles. The van der Waals surface area contributed by atoms with Crippen molar-refractivity contribution in [2.24, 2.45) is 0 Å². The third-order valence-corrected chi connectivity index (χ3v) is 5.27. The van der Waals surface area contributed by atoms with Crippen LogP contribution in [0, 0.1) is 0 Å². The Labute approximate surface area is 127 Å². The van der Waals surface area contributed by atoms with E-state index >= 15 is 0 Å². The zero-order valence-electron chi connectivity index (χ0n) is 13.5. The predicted molar refractivity (Wildman–Crippen MR) is 85.2 cm³/mol. The van der Waals surface area contributed by atoms with Gasteiger partial charge in [0.25, 0.3) is 0 Å². The normalized spacial score (nSPS) is 18.1. The maximum absolute atomic E-state index is 5.78. The number of hydrogen-bond donors (Lipinski definition) is 1. The molecule has 0 unspecified atom stereocenters. The molecular formula is C16H28N2OS. The average molecular weight is 296 g/mol. The minimum absolute atomic E-state index is 0.0762. The molecule has 0 radical (unpaired) electrons. The molecule has 4 heteroatoms. The van der Waals surface area contributed by atoms with Crippen LogP contribution in [-0.2, 0) is 23.3 Å². The highest BCUT2D eigenvalue weighted by molar-refractivity contribution is 7.11. The van der Waals surface area contributed by atoms with Crippen LogP contribution in [0.25, 0.3) is 0 Å². The van der Waals surface area contributed by atoms with Gasteiger partial charge >= 0.3 is 0 Å². The fraction of sp³-hybridized carbons (Fsp3) is 0.812. The maximum atomic E-state index is 5.78. The van der Waals surface area contributed by atoms with Gasteiger partial charge in [0, 0.05) is 24.1 Å². The van der Waals surface area contributed by atoms with Crippen LogP contribution in [0.4, 0.5) is 0 Å². The van der Waals surface area contributed by atoms with E-state index in [1.165, 1.54) is 22.0 Å². The minimum atomic E-state index is -0.0762. The molecule has 1 aromatic heterocycles. The van der Waals surface area contributed by atoms with Crippen molar-refractivity contribution in [2.45, 2.75) is 77.5 Å². The summed E-state index contributed by atoms with van der Waals surface area (Å²) in [7, 11) is 1.83. The fourth-order valence-corrected chi connectivity index (χ4v) is 3.77. The summed E-state index contributed by atoms with van der Waals surface area (Å²) < 4.78 is 5.78. The highest BCUT2D eigenvalue weighted by Crippen LogP contribution is 2.46. The average Bonchev–Trinajstić information content (AvgIpc) is 2.69. The largest absolute Gasteiger partial charge is 0.371 e. The van der Waals surface area contributed by atoms with E-state index in [1.807, 2.05) is 18.4 Å². The molecule has 0 amide bonds. The second-order valence-electron chi connectivity index (χ2n) is 6.79. The number of hydrogen-bond acceptors (Lipinski definition) is 4. The number of aryl methyl sites for hydroxylation is 1. The van der Waals surface area contributed by atoms with Gasteiger partial charge in [-0.2, -0.15) is 0 Å². The molecule has 0 saturated heterocycles. The van der Waals surface area contributed by atoms with Crippen molar-refractivity contribution in [1.29, 1.82) is 0 Å². The number of nitrogens with zero attached hydrogens (tertiary/aromatic N) is 1. The molecule has 1 heterocycles. The van der Waals surface area contributed by atoms with Crippen LogP contribution in [0.2, 0.25) is 0 Å². The fourth-order valence-electron chi connectivity index (χ4n) is 2.50. The van der Waals surface area contributed by atoms with Gasteiger partial charge in [0.1, 0.15) is 10.6 Å². The van der Waals surface area contributed by atoms with Gasteiger partial charge in [-0.1, -0.05) is 13.3 Å². The number of nitrogens with one attached hydrogen (secondary N) is 1. The molecule has 0 atom stereocenters. The topological polar surface area (TPSA) is 34.1 Å². The van der Waals surface area contributed by atoms with Crippen molar-refractivity contribution in [2.75, 3.05) is 7.11 Å². The lowest BCUT2D eigenvalue weighted by atomic mass is 9.80. The van der Waals surface area contributed by atoms with Crippen molar-refractivity contribution >= 4 is 11.3 Å². The predicted octanol–water partition coefficient (Wildman–Crippen LogP) is 4.01. The van der Waals surface area contributed by atoms with Crippen LogP contribution in [0.3, 0.4) is 0 Å². The third-order valence-electron chi connectivity index (χ3n) is 3.99. The lowest BCUT2D eigenvalue weighted by molar-refractivity contribution is -0.0780. The number of rotatable bonds is 6. The molecule has 1 aliphatic rings. The molecule has 0 bridgehead atoms. The van der Waals surface area contributed by atoms with Crippen LogP contribution < -0.4 is 5.32 Å². The number of methoxy groups -OCH3 is 1. The van der Waals surface area contributed by atoms with Gasteiger partial charge in [0.2, 0.25) is 0 Å². The van der Waals surface area contributed by atoms with Crippen molar-refractivity contribution < 1.29 is 4.74 Å². The number of thiazole rings is 1. The summed E-state index contributed by atoms with van der Waals surface area (Å²) in [5, 5.41) is 4.78. The first-order chi connectivity index (χ1) is 9.40. The van der Waals surface area contributed by atoms with E-state index in [2.05, 4.69) is 33.0 Å². The molecule has 1 aromatic rings. The van der Waals surface area contributed by atoms with Gasteiger partial charge in [-0.25, -0.2) is 4.98 Å².